The molecule has 3 heterocycles. The van der Waals surface area contributed by atoms with Gasteiger partial charge in [-0.2, -0.15) is 10.2 Å². The number of ether oxygens (including phenoxy) is 1. The van der Waals surface area contributed by atoms with Gasteiger partial charge >= 0.3 is 6.09 Å². The Hall–Kier alpha value is -4.15. The van der Waals surface area contributed by atoms with Crippen LogP contribution in [0.1, 0.15) is 42.1 Å². The molecule has 11 heteroatoms. The van der Waals surface area contributed by atoms with E-state index in [1.807, 2.05) is 10.9 Å². The molecule has 1 fully saturated rings. The number of hydrogen-bond donors (Lipinski definition) is 2. The first-order valence-corrected chi connectivity index (χ1v) is 11.1. The van der Waals surface area contributed by atoms with Gasteiger partial charge in [0.05, 0.1) is 30.4 Å². The van der Waals surface area contributed by atoms with Crippen molar-refractivity contribution in [3.8, 4) is 5.75 Å². The van der Waals surface area contributed by atoms with Gasteiger partial charge in [0.15, 0.2) is 5.65 Å². The van der Waals surface area contributed by atoms with Gasteiger partial charge in [-0.3, -0.25) is 9.48 Å². The van der Waals surface area contributed by atoms with Gasteiger partial charge in [0, 0.05) is 43.1 Å². The van der Waals surface area contributed by atoms with E-state index in [9.17, 15) is 14.7 Å². The molecule has 1 aliphatic carbocycles. The number of methoxy groups -OCH3 is 1. The molecular weight excluding hydrogens is 438 g/mol. The lowest BCUT2D eigenvalue weighted by atomic mass is 9.90. The Morgan fingerprint density at radius 1 is 1.24 bits per heavy atom. The van der Waals surface area contributed by atoms with Crippen molar-refractivity contribution in [3.05, 3.63) is 48.5 Å². The number of nitrogens with one attached hydrogen (secondary N) is 1. The summed E-state index contributed by atoms with van der Waals surface area (Å²) in [5.41, 5.74) is 2.17. The van der Waals surface area contributed by atoms with Gasteiger partial charge in [0.1, 0.15) is 11.4 Å². The fourth-order valence-corrected chi connectivity index (χ4v) is 4.58. The predicted molar refractivity (Wildman–Crippen MR) is 124 cm³/mol. The number of aromatic nitrogens is 5. The highest BCUT2D eigenvalue weighted by Crippen LogP contribution is 2.33. The molecule has 5 rings (SSSR count). The van der Waals surface area contributed by atoms with Crippen LogP contribution in [-0.4, -0.2) is 66.6 Å². The van der Waals surface area contributed by atoms with Crippen LogP contribution in [-0.2, 0) is 0 Å². The van der Waals surface area contributed by atoms with E-state index in [1.54, 1.807) is 48.4 Å². The van der Waals surface area contributed by atoms with Crippen molar-refractivity contribution in [1.82, 2.24) is 29.3 Å². The average Bonchev–Trinajstić information content (AvgIpc) is 3.46. The summed E-state index contributed by atoms with van der Waals surface area (Å²) in [5, 5.41) is 21.8. The first-order valence-electron chi connectivity index (χ1n) is 11.1. The molecule has 1 saturated carbocycles. The monoisotopic (exact) mass is 463 g/mol. The van der Waals surface area contributed by atoms with Crippen molar-refractivity contribution in [3.63, 3.8) is 0 Å². The normalized spacial score (nSPS) is 18.2. The molecule has 2 amide bonds. The van der Waals surface area contributed by atoms with Crippen molar-refractivity contribution >= 4 is 34.2 Å². The van der Waals surface area contributed by atoms with Crippen LogP contribution in [0.3, 0.4) is 0 Å². The molecule has 0 atom stereocenters. The van der Waals surface area contributed by atoms with Crippen molar-refractivity contribution in [2.24, 2.45) is 0 Å². The molecule has 0 unspecified atom stereocenters. The Morgan fingerprint density at radius 2 is 2.03 bits per heavy atom. The highest BCUT2D eigenvalue weighted by molar-refractivity contribution is 6.09. The summed E-state index contributed by atoms with van der Waals surface area (Å²) in [7, 11) is 3.14. The summed E-state index contributed by atoms with van der Waals surface area (Å²) < 4.78 is 9.01. The van der Waals surface area contributed by atoms with Gasteiger partial charge in [0.25, 0.3) is 5.91 Å². The molecule has 0 radical (unpaired) electrons. The summed E-state index contributed by atoms with van der Waals surface area (Å²) in [6, 6.07) is 5.51. The molecule has 34 heavy (non-hydrogen) atoms. The molecule has 1 aliphatic rings. The molecule has 0 aliphatic heterocycles. The van der Waals surface area contributed by atoms with Crippen LogP contribution in [0.4, 0.5) is 10.5 Å². The second-order valence-corrected chi connectivity index (χ2v) is 8.48. The van der Waals surface area contributed by atoms with Gasteiger partial charge in [-0.05, 0) is 37.8 Å². The molecular formula is C23H25N7O4. The molecule has 176 valence electrons. The van der Waals surface area contributed by atoms with E-state index in [2.05, 4.69) is 15.4 Å². The molecule has 1 aromatic carbocycles. The fourth-order valence-electron chi connectivity index (χ4n) is 4.58. The standard InChI is InChI=1S/C23H25N7O4/c1-28(23(32)33)15-4-6-16(7-5-15)30-13-14-10-17(20(34-2)11-18(14)27-30)22(31)26-19-12-25-29-9-3-8-24-21(19)29/h3,8-13,15-16H,4-7H2,1-2H3,(H,26,31)(H,32,33). The van der Waals surface area contributed by atoms with E-state index in [4.69, 9.17) is 9.84 Å². The minimum Gasteiger partial charge on any atom is -0.496 e. The zero-order valence-electron chi connectivity index (χ0n) is 18.9. The van der Waals surface area contributed by atoms with E-state index in [1.165, 1.54) is 12.0 Å². The smallest absolute Gasteiger partial charge is 0.407 e. The quantitative estimate of drug-likeness (QED) is 0.464. The molecule has 11 nitrogen and oxygen atoms in total. The third-order valence-electron chi connectivity index (χ3n) is 6.51. The Bertz CT molecular complexity index is 1370. The van der Waals surface area contributed by atoms with Crippen LogP contribution in [0.5, 0.6) is 5.75 Å². The average molecular weight is 463 g/mol. The fraction of sp³-hybridized carbons (Fsp3) is 0.348. The van der Waals surface area contributed by atoms with Crippen molar-refractivity contribution in [1.29, 1.82) is 0 Å². The zero-order valence-corrected chi connectivity index (χ0v) is 18.9. The van der Waals surface area contributed by atoms with E-state index >= 15 is 0 Å². The van der Waals surface area contributed by atoms with Crippen LogP contribution in [0.15, 0.2) is 43.0 Å². The molecule has 4 aromatic rings. The predicted octanol–water partition coefficient (Wildman–Crippen LogP) is 3.43. The molecule has 0 bridgehead atoms. The van der Waals surface area contributed by atoms with Crippen LogP contribution in [0.2, 0.25) is 0 Å². The largest absolute Gasteiger partial charge is 0.496 e. The first kappa shape index (κ1) is 21.7. The van der Waals surface area contributed by atoms with Gasteiger partial charge in [0.2, 0.25) is 0 Å². The third-order valence-corrected chi connectivity index (χ3v) is 6.51. The summed E-state index contributed by atoms with van der Waals surface area (Å²) in [6.07, 6.45) is 9.24. The highest BCUT2D eigenvalue weighted by Gasteiger charge is 2.28. The summed E-state index contributed by atoms with van der Waals surface area (Å²) >= 11 is 0. The van der Waals surface area contributed by atoms with Gasteiger partial charge in [-0.15, -0.1) is 0 Å². The maximum Gasteiger partial charge on any atom is 0.407 e. The Kier molecular flexibility index (Phi) is 5.52. The second-order valence-electron chi connectivity index (χ2n) is 8.48. The Morgan fingerprint density at radius 3 is 2.76 bits per heavy atom. The number of rotatable bonds is 5. The maximum atomic E-state index is 13.1. The topological polar surface area (TPSA) is 127 Å². The molecule has 3 aromatic heterocycles. The Labute approximate surface area is 194 Å². The van der Waals surface area contributed by atoms with Gasteiger partial charge in [-0.25, -0.2) is 14.3 Å². The summed E-state index contributed by atoms with van der Waals surface area (Å²) in [5.74, 6) is 0.0933. The van der Waals surface area contributed by atoms with Gasteiger partial charge < -0.3 is 20.1 Å². The minimum absolute atomic E-state index is 0.0310. The lowest BCUT2D eigenvalue weighted by Gasteiger charge is -2.33. The number of anilines is 1. The maximum absolute atomic E-state index is 13.1. The number of carbonyl (C=O) groups excluding carboxylic acids is 1. The van der Waals surface area contributed by atoms with E-state index < -0.39 is 6.09 Å². The van der Waals surface area contributed by atoms with Crippen molar-refractivity contribution in [2.45, 2.75) is 37.8 Å². The van der Waals surface area contributed by atoms with E-state index in [0.29, 0.717) is 22.6 Å². The van der Waals surface area contributed by atoms with Crippen LogP contribution in [0.25, 0.3) is 16.6 Å². The second kappa shape index (κ2) is 8.65. The van der Waals surface area contributed by atoms with Crippen molar-refractivity contribution < 1.29 is 19.4 Å². The number of hydrogen-bond acceptors (Lipinski definition) is 6. The number of fused-ring (bicyclic) bond motifs is 2. The Balaban J connectivity index is 1.38. The third kappa shape index (κ3) is 3.89. The summed E-state index contributed by atoms with van der Waals surface area (Å²) in [4.78, 5) is 30.0. The van der Waals surface area contributed by atoms with Crippen LogP contribution < -0.4 is 10.1 Å². The number of amides is 2. The number of carboxylic acid groups (broad SMARTS) is 1. The first-order chi connectivity index (χ1) is 16.4. The zero-order chi connectivity index (χ0) is 23.8. The SMILES string of the molecule is COc1cc2nn(C3CCC(N(C)C(=O)O)CC3)cc2cc1C(=O)Nc1cnn2cccnc12. The number of benzene rings is 1. The number of carbonyl (C=O) groups is 2. The summed E-state index contributed by atoms with van der Waals surface area (Å²) in [6.45, 7) is 0. The molecule has 2 N–H and O–H groups in total. The van der Waals surface area contributed by atoms with E-state index in [0.717, 1.165) is 36.6 Å². The van der Waals surface area contributed by atoms with Crippen LogP contribution in [0, 0.1) is 0 Å². The molecule has 0 spiro atoms. The lowest BCUT2D eigenvalue weighted by Crippen LogP contribution is -2.38. The van der Waals surface area contributed by atoms with Gasteiger partial charge in [-0.1, -0.05) is 0 Å². The highest BCUT2D eigenvalue weighted by atomic mass is 16.5. The lowest BCUT2D eigenvalue weighted by molar-refractivity contribution is 0.102. The number of nitrogens with zero attached hydrogens (tertiary/aromatic N) is 6. The molecule has 0 saturated heterocycles. The van der Waals surface area contributed by atoms with Crippen molar-refractivity contribution in [2.75, 3.05) is 19.5 Å². The van der Waals surface area contributed by atoms with E-state index in [-0.39, 0.29) is 18.0 Å². The van der Waals surface area contributed by atoms with Crippen LogP contribution >= 0.6 is 0 Å². The minimum atomic E-state index is -0.897.